The Balaban J connectivity index is 2.43. The van der Waals surface area contributed by atoms with Crippen molar-refractivity contribution in [1.82, 2.24) is 0 Å². The van der Waals surface area contributed by atoms with Gasteiger partial charge in [0.1, 0.15) is 17.6 Å². The molecule has 0 spiro atoms. The summed E-state index contributed by atoms with van der Waals surface area (Å²) in [6.45, 7) is 0. The number of nitrogens with zero attached hydrogens (tertiary/aromatic N) is 1. The van der Waals surface area contributed by atoms with Crippen LogP contribution in [0.25, 0.3) is 0 Å². The van der Waals surface area contributed by atoms with Crippen LogP contribution in [0.1, 0.15) is 18.1 Å². The Bertz CT molecular complexity index is 382. The molecule has 1 aromatic rings. The number of hydrogen-bond donors (Lipinski definition) is 0. The summed E-state index contributed by atoms with van der Waals surface area (Å²) in [6, 6.07) is 4.23. The van der Waals surface area contributed by atoms with Crippen molar-refractivity contribution in [1.29, 1.82) is 0 Å². The average Bonchev–Trinajstić information content (AvgIpc) is 2.70. The van der Waals surface area contributed by atoms with Crippen LogP contribution in [0.5, 0.6) is 0 Å². The van der Waals surface area contributed by atoms with E-state index in [1.807, 2.05) is 0 Å². The molecule has 0 saturated heterocycles. The van der Waals surface area contributed by atoms with Gasteiger partial charge in [-0.2, -0.15) is 0 Å². The summed E-state index contributed by atoms with van der Waals surface area (Å²) in [7, 11) is 0. The van der Waals surface area contributed by atoms with Gasteiger partial charge in [-0.1, -0.05) is 6.07 Å². The smallest absolute Gasteiger partial charge is 0.132 e. The number of halogens is 1. The van der Waals surface area contributed by atoms with E-state index in [1.54, 1.807) is 6.08 Å². The van der Waals surface area contributed by atoms with E-state index in [9.17, 15) is 9.30 Å². The zero-order valence-corrected chi connectivity index (χ0v) is 7.31. The second-order valence-electron chi connectivity index (χ2n) is 3.00. The molecule has 2 rings (SSSR count). The van der Waals surface area contributed by atoms with E-state index in [2.05, 4.69) is 5.18 Å². The molecule has 1 aliphatic rings. The molecule has 0 amide bonds. The molecule has 1 aliphatic heterocycles. The highest BCUT2D eigenvalue weighted by Crippen LogP contribution is 2.35. The standard InChI is InChI=1S/C10H8FNO2/c11-7-3-1-4-8(12-13)10(7)9-5-2-6-14-9/h1-4,6,9H,5H2. The third-order valence-electron chi connectivity index (χ3n) is 2.14. The Morgan fingerprint density at radius 2 is 2.36 bits per heavy atom. The van der Waals surface area contributed by atoms with Crippen molar-refractivity contribution in [3.8, 4) is 0 Å². The lowest BCUT2D eigenvalue weighted by molar-refractivity contribution is 0.169. The van der Waals surface area contributed by atoms with Crippen LogP contribution in [0.15, 0.2) is 35.7 Å². The van der Waals surface area contributed by atoms with Gasteiger partial charge in [0.2, 0.25) is 0 Å². The molecule has 0 bridgehead atoms. The Morgan fingerprint density at radius 1 is 1.50 bits per heavy atom. The Kier molecular flexibility index (Phi) is 2.26. The third-order valence-corrected chi connectivity index (χ3v) is 2.14. The molecule has 4 heteroatoms. The van der Waals surface area contributed by atoms with Gasteiger partial charge in [-0.15, -0.1) is 4.91 Å². The van der Waals surface area contributed by atoms with Gasteiger partial charge < -0.3 is 4.74 Å². The zero-order valence-electron chi connectivity index (χ0n) is 7.31. The van der Waals surface area contributed by atoms with Crippen LogP contribution < -0.4 is 0 Å². The number of benzene rings is 1. The largest absolute Gasteiger partial charge is 0.493 e. The monoisotopic (exact) mass is 193 g/mol. The molecule has 1 aromatic carbocycles. The minimum absolute atomic E-state index is 0.110. The van der Waals surface area contributed by atoms with Crippen LogP contribution in [0.2, 0.25) is 0 Å². The average molecular weight is 193 g/mol. The molecule has 14 heavy (non-hydrogen) atoms. The maximum atomic E-state index is 13.4. The van der Waals surface area contributed by atoms with Crippen molar-refractivity contribution >= 4 is 5.69 Å². The molecule has 1 unspecified atom stereocenters. The van der Waals surface area contributed by atoms with E-state index >= 15 is 0 Å². The van der Waals surface area contributed by atoms with Crippen LogP contribution in [0, 0.1) is 10.7 Å². The molecule has 1 heterocycles. The first-order chi connectivity index (χ1) is 6.83. The van der Waals surface area contributed by atoms with Crippen LogP contribution in [-0.2, 0) is 4.74 Å². The van der Waals surface area contributed by atoms with Gasteiger partial charge >= 0.3 is 0 Å². The fourth-order valence-electron chi connectivity index (χ4n) is 1.49. The van der Waals surface area contributed by atoms with Crippen LogP contribution in [0.3, 0.4) is 0 Å². The van der Waals surface area contributed by atoms with Crippen LogP contribution in [-0.4, -0.2) is 0 Å². The van der Waals surface area contributed by atoms with E-state index in [1.165, 1.54) is 24.5 Å². The van der Waals surface area contributed by atoms with Crippen molar-refractivity contribution in [3.05, 3.63) is 46.8 Å². The molecular formula is C10H8FNO2. The Hall–Kier alpha value is -1.71. The first kappa shape index (κ1) is 8.87. The van der Waals surface area contributed by atoms with Crippen molar-refractivity contribution in [2.45, 2.75) is 12.5 Å². The second kappa shape index (κ2) is 3.57. The minimum Gasteiger partial charge on any atom is -0.493 e. The molecule has 0 fully saturated rings. The number of hydrogen-bond acceptors (Lipinski definition) is 3. The first-order valence-electron chi connectivity index (χ1n) is 4.25. The summed E-state index contributed by atoms with van der Waals surface area (Å²) in [5.74, 6) is -0.448. The highest BCUT2D eigenvalue weighted by molar-refractivity contribution is 5.48. The summed E-state index contributed by atoms with van der Waals surface area (Å²) < 4.78 is 18.5. The van der Waals surface area contributed by atoms with Crippen molar-refractivity contribution in [3.63, 3.8) is 0 Å². The van der Waals surface area contributed by atoms with E-state index in [4.69, 9.17) is 4.74 Å². The third kappa shape index (κ3) is 1.39. The predicted octanol–water partition coefficient (Wildman–Crippen LogP) is 3.20. The summed E-state index contributed by atoms with van der Waals surface area (Å²) in [6.07, 6.45) is 3.45. The van der Waals surface area contributed by atoms with E-state index < -0.39 is 11.9 Å². The van der Waals surface area contributed by atoms with Gasteiger partial charge in [0.05, 0.1) is 11.8 Å². The van der Waals surface area contributed by atoms with Gasteiger partial charge in [-0.25, -0.2) is 4.39 Å². The predicted molar refractivity (Wildman–Crippen MR) is 49.4 cm³/mol. The molecule has 3 nitrogen and oxygen atoms in total. The summed E-state index contributed by atoms with van der Waals surface area (Å²) >= 11 is 0. The molecule has 0 aliphatic carbocycles. The fourth-order valence-corrected chi connectivity index (χ4v) is 1.49. The lowest BCUT2D eigenvalue weighted by Gasteiger charge is -2.12. The summed E-state index contributed by atoms with van der Waals surface area (Å²) in [5, 5.41) is 2.78. The van der Waals surface area contributed by atoms with Gasteiger partial charge in [-0.05, 0) is 23.4 Å². The Labute approximate surface area is 80.2 Å². The fraction of sp³-hybridized carbons (Fsp3) is 0.200. The normalized spacial score (nSPS) is 19.4. The van der Waals surface area contributed by atoms with Crippen LogP contribution in [0.4, 0.5) is 10.1 Å². The van der Waals surface area contributed by atoms with E-state index in [0.29, 0.717) is 6.42 Å². The lowest BCUT2D eigenvalue weighted by Crippen LogP contribution is -1.99. The van der Waals surface area contributed by atoms with Gasteiger partial charge in [0.25, 0.3) is 0 Å². The highest BCUT2D eigenvalue weighted by Gasteiger charge is 2.22. The van der Waals surface area contributed by atoms with Gasteiger partial charge in [0.15, 0.2) is 0 Å². The second-order valence-corrected chi connectivity index (χ2v) is 3.00. The quantitative estimate of drug-likeness (QED) is 0.676. The van der Waals surface area contributed by atoms with Crippen LogP contribution >= 0.6 is 0 Å². The SMILES string of the molecule is O=Nc1cccc(F)c1C1CC=CO1. The molecule has 72 valence electrons. The number of nitroso groups, excluding NO2 is 1. The lowest BCUT2D eigenvalue weighted by atomic mass is 10.0. The molecule has 1 atom stereocenters. The molecule has 0 aromatic heterocycles. The summed E-state index contributed by atoms with van der Waals surface area (Å²) in [5.41, 5.74) is 0.353. The molecular weight excluding hydrogens is 185 g/mol. The summed E-state index contributed by atoms with van der Waals surface area (Å²) in [4.78, 5) is 10.4. The maximum Gasteiger partial charge on any atom is 0.132 e. The molecule has 0 radical (unpaired) electrons. The number of rotatable bonds is 2. The number of ether oxygens (including phenoxy) is 1. The van der Waals surface area contributed by atoms with Gasteiger partial charge in [-0.3, -0.25) is 0 Å². The Morgan fingerprint density at radius 3 is 3.00 bits per heavy atom. The van der Waals surface area contributed by atoms with Crippen molar-refractivity contribution in [2.24, 2.45) is 5.18 Å². The van der Waals surface area contributed by atoms with E-state index in [-0.39, 0.29) is 11.3 Å². The first-order valence-corrected chi connectivity index (χ1v) is 4.25. The van der Waals surface area contributed by atoms with Crippen molar-refractivity contribution < 1.29 is 9.13 Å². The maximum absolute atomic E-state index is 13.4. The topological polar surface area (TPSA) is 38.7 Å². The molecule has 0 saturated carbocycles. The molecule has 0 N–H and O–H groups in total. The van der Waals surface area contributed by atoms with Crippen molar-refractivity contribution in [2.75, 3.05) is 0 Å². The van der Waals surface area contributed by atoms with Gasteiger partial charge in [0, 0.05) is 6.42 Å². The zero-order chi connectivity index (χ0) is 9.97. The van der Waals surface area contributed by atoms with E-state index in [0.717, 1.165) is 0 Å². The highest BCUT2D eigenvalue weighted by atomic mass is 19.1. The minimum atomic E-state index is -0.448.